The van der Waals surface area contributed by atoms with E-state index in [1.165, 1.54) is 12.8 Å². The molecule has 0 bridgehead atoms. The number of aromatic nitrogens is 2. The molecule has 1 aliphatic rings. The average Bonchev–Trinajstić information content (AvgIpc) is 3.19. The van der Waals surface area contributed by atoms with Gasteiger partial charge in [0.25, 0.3) is 0 Å². The number of aliphatic imine (C=N–C) groups is 1. The van der Waals surface area contributed by atoms with Gasteiger partial charge in [-0.15, -0.1) is 35.3 Å². The second-order valence-electron chi connectivity index (χ2n) is 7.10. The number of hydrogen-bond acceptors (Lipinski definition) is 5. The molecule has 1 aliphatic heterocycles. The van der Waals surface area contributed by atoms with Crippen molar-refractivity contribution in [2.45, 2.75) is 39.0 Å². The molecular weight excluding hydrogens is 528 g/mol. The van der Waals surface area contributed by atoms with E-state index >= 15 is 0 Å². The summed E-state index contributed by atoms with van der Waals surface area (Å²) in [6, 6.07) is 4.05. The standard InChI is InChI=1S/C19H25F3N6S.HI/c1-13-5-7-28(8-6-13)16-4-3-14(9-24-16)10-25-18(23-2)26-11-17-27-15(12-29-17)19(20,21)22;/h3-4,9,12-13H,5-8,10-11H2,1-2H3,(H2,23,25,26);1H. The molecule has 3 rings (SSSR count). The third-order valence-corrected chi connectivity index (χ3v) is 5.70. The first kappa shape index (κ1) is 24.6. The van der Waals surface area contributed by atoms with Crippen LogP contribution in [0.4, 0.5) is 19.0 Å². The maximum atomic E-state index is 12.6. The lowest BCUT2D eigenvalue weighted by Crippen LogP contribution is -2.36. The highest BCUT2D eigenvalue weighted by atomic mass is 127. The summed E-state index contributed by atoms with van der Waals surface area (Å²) in [6.45, 7) is 5.04. The fraction of sp³-hybridized carbons (Fsp3) is 0.526. The summed E-state index contributed by atoms with van der Waals surface area (Å²) >= 11 is 0.967. The Bertz CT molecular complexity index is 816. The van der Waals surface area contributed by atoms with Crippen LogP contribution in [0.3, 0.4) is 0 Å². The van der Waals surface area contributed by atoms with Gasteiger partial charge in [0.1, 0.15) is 10.8 Å². The van der Waals surface area contributed by atoms with Crippen molar-refractivity contribution in [1.29, 1.82) is 0 Å². The third-order valence-electron chi connectivity index (χ3n) is 4.85. The van der Waals surface area contributed by atoms with Crippen LogP contribution in [0.1, 0.15) is 36.0 Å². The van der Waals surface area contributed by atoms with Crippen LogP contribution in [0.2, 0.25) is 0 Å². The van der Waals surface area contributed by atoms with E-state index in [0.29, 0.717) is 17.5 Å². The van der Waals surface area contributed by atoms with Crippen LogP contribution < -0.4 is 15.5 Å². The number of nitrogens with zero attached hydrogens (tertiary/aromatic N) is 4. The summed E-state index contributed by atoms with van der Waals surface area (Å²) in [4.78, 5) is 14.6. The average molecular weight is 554 g/mol. The molecule has 0 spiro atoms. The van der Waals surface area contributed by atoms with Crippen molar-refractivity contribution < 1.29 is 13.2 Å². The number of thiazole rings is 1. The van der Waals surface area contributed by atoms with Gasteiger partial charge in [0, 0.05) is 38.3 Å². The second-order valence-corrected chi connectivity index (χ2v) is 8.04. The normalized spacial score (nSPS) is 15.6. The van der Waals surface area contributed by atoms with Gasteiger partial charge < -0.3 is 15.5 Å². The smallest absolute Gasteiger partial charge is 0.357 e. The highest BCUT2D eigenvalue weighted by Gasteiger charge is 2.33. The molecule has 30 heavy (non-hydrogen) atoms. The monoisotopic (exact) mass is 554 g/mol. The van der Waals surface area contributed by atoms with Gasteiger partial charge in [0.15, 0.2) is 11.7 Å². The first-order valence-corrected chi connectivity index (χ1v) is 10.4. The van der Waals surface area contributed by atoms with Gasteiger partial charge >= 0.3 is 6.18 Å². The lowest BCUT2D eigenvalue weighted by atomic mass is 9.99. The van der Waals surface area contributed by atoms with Crippen molar-refractivity contribution in [3.8, 4) is 0 Å². The predicted molar refractivity (Wildman–Crippen MR) is 124 cm³/mol. The summed E-state index contributed by atoms with van der Waals surface area (Å²) in [5, 5.41) is 7.48. The SMILES string of the molecule is CN=C(NCc1ccc(N2CCC(C)CC2)nc1)NCc1nc(C(F)(F)F)cs1.I. The number of guanidine groups is 1. The highest BCUT2D eigenvalue weighted by molar-refractivity contribution is 14.0. The second kappa shape index (κ2) is 11.1. The lowest BCUT2D eigenvalue weighted by molar-refractivity contribution is -0.140. The van der Waals surface area contributed by atoms with Gasteiger partial charge in [-0.2, -0.15) is 13.2 Å². The molecule has 0 aromatic carbocycles. The largest absolute Gasteiger partial charge is 0.434 e. The van der Waals surface area contributed by atoms with Crippen LogP contribution in [0.25, 0.3) is 0 Å². The zero-order valence-electron chi connectivity index (χ0n) is 16.9. The molecular formula is C19H26F3IN6S. The van der Waals surface area contributed by atoms with E-state index in [1.807, 2.05) is 18.3 Å². The predicted octanol–water partition coefficient (Wildman–Crippen LogP) is 4.28. The molecule has 2 aromatic heterocycles. The van der Waals surface area contributed by atoms with E-state index < -0.39 is 11.9 Å². The van der Waals surface area contributed by atoms with Crippen molar-refractivity contribution in [2.24, 2.45) is 10.9 Å². The first-order valence-electron chi connectivity index (χ1n) is 9.51. The van der Waals surface area contributed by atoms with Crippen molar-refractivity contribution >= 4 is 47.1 Å². The molecule has 1 saturated heterocycles. The Morgan fingerprint density at radius 1 is 1.23 bits per heavy atom. The van der Waals surface area contributed by atoms with Gasteiger partial charge in [0.05, 0.1) is 6.54 Å². The zero-order chi connectivity index (χ0) is 20.9. The molecule has 11 heteroatoms. The number of hydrogen-bond donors (Lipinski definition) is 2. The topological polar surface area (TPSA) is 65.4 Å². The zero-order valence-corrected chi connectivity index (χ0v) is 20.0. The number of alkyl halides is 3. The van der Waals surface area contributed by atoms with Gasteiger partial charge in [0.2, 0.25) is 0 Å². The van der Waals surface area contributed by atoms with Crippen LogP contribution in [-0.2, 0) is 19.3 Å². The molecule has 0 unspecified atom stereocenters. The third kappa shape index (κ3) is 6.96. The van der Waals surface area contributed by atoms with Gasteiger partial charge in [-0.3, -0.25) is 4.99 Å². The summed E-state index contributed by atoms with van der Waals surface area (Å²) in [6.07, 6.45) is -0.197. The van der Waals surface area contributed by atoms with Crippen molar-refractivity contribution in [3.63, 3.8) is 0 Å². The Kier molecular flexibility index (Phi) is 9.13. The summed E-state index contributed by atoms with van der Waals surface area (Å²) in [5.74, 6) is 2.26. The Morgan fingerprint density at radius 3 is 2.50 bits per heavy atom. The van der Waals surface area contributed by atoms with Gasteiger partial charge in [-0.05, 0) is 30.4 Å². The van der Waals surface area contributed by atoms with Crippen LogP contribution in [-0.4, -0.2) is 36.1 Å². The molecule has 2 aromatic rings. The summed E-state index contributed by atoms with van der Waals surface area (Å²) < 4.78 is 37.9. The number of nitrogens with one attached hydrogen (secondary N) is 2. The Labute approximate surface area is 195 Å². The van der Waals surface area contributed by atoms with E-state index in [-0.39, 0.29) is 30.5 Å². The number of rotatable bonds is 5. The number of pyridine rings is 1. The molecule has 6 nitrogen and oxygen atoms in total. The summed E-state index contributed by atoms with van der Waals surface area (Å²) in [5.41, 5.74) is 0.132. The molecule has 0 saturated carbocycles. The molecule has 166 valence electrons. The maximum Gasteiger partial charge on any atom is 0.434 e. The van der Waals surface area contributed by atoms with E-state index in [9.17, 15) is 13.2 Å². The number of anilines is 1. The van der Waals surface area contributed by atoms with E-state index in [1.54, 1.807) is 7.05 Å². The maximum absolute atomic E-state index is 12.6. The molecule has 0 atom stereocenters. The van der Waals surface area contributed by atoms with Crippen molar-refractivity contribution in [1.82, 2.24) is 20.6 Å². The fourth-order valence-electron chi connectivity index (χ4n) is 3.03. The Hall–Kier alpha value is -1.63. The number of piperidine rings is 1. The molecule has 0 amide bonds. The Balaban J connectivity index is 0.00000320. The van der Waals surface area contributed by atoms with E-state index in [2.05, 4.69) is 37.4 Å². The molecule has 3 heterocycles. The minimum absolute atomic E-state index is 0. The van der Waals surface area contributed by atoms with E-state index in [4.69, 9.17) is 0 Å². The van der Waals surface area contributed by atoms with Crippen molar-refractivity contribution in [3.05, 3.63) is 40.0 Å². The minimum atomic E-state index is -4.42. The molecule has 0 aliphatic carbocycles. The minimum Gasteiger partial charge on any atom is -0.357 e. The lowest BCUT2D eigenvalue weighted by Gasteiger charge is -2.31. The van der Waals surface area contributed by atoms with Gasteiger partial charge in [-0.25, -0.2) is 9.97 Å². The van der Waals surface area contributed by atoms with Crippen LogP contribution in [0.5, 0.6) is 0 Å². The molecule has 2 N–H and O–H groups in total. The molecule has 0 radical (unpaired) electrons. The Morgan fingerprint density at radius 2 is 1.93 bits per heavy atom. The van der Waals surface area contributed by atoms with Crippen LogP contribution >= 0.6 is 35.3 Å². The van der Waals surface area contributed by atoms with Gasteiger partial charge in [-0.1, -0.05) is 13.0 Å². The van der Waals surface area contributed by atoms with Crippen LogP contribution in [0, 0.1) is 5.92 Å². The first-order chi connectivity index (χ1) is 13.8. The fourth-order valence-corrected chi connectivity index (χ4v) is 3.77. The quantitative estimate of drug-likeness (QED) is 0.329. The van der Waals surface area contributed by atoms with E-state index in [0.717, 1.165) is 47.1 Å². The van der Waals surface area contributed by atoms with Crippen LogP contribution in [0.15, 0.2) is 28.7 Å². The highest BCUT2D eigenvalue weighted by Crippen LogP contribution is 2.29. The molecule has 1 fully saturated rings. The van der Waals surface area contributed by atoms with Crippen molar-refractivity contribution in [2.75, 3.05) is 25.0 Å². The summed E-state index contributed by atoms with van der Waals surface area (Å²) in [7, 11) is 1.61. The number of halogens is 4.